The molecule has 1 amide bonds. The highest BCUT2D eigenvalue weighted by molar-refractivity contribution is 9.10. The second-order valence-electron chi connectivity index (χ2n) is 7.29. The Bertz CT molecular complexity index is 1410. The first-order valence-electron chi connectivity index (χ1n) is 9.74. The van der Waals surface area contributed by atoms with Crippen molar-refractivity contribution in [3.63, 3.8) is 0 Å². The largest absolute Gasteiger partial charge is 0.454 e. The number of benzene rings is 3. The van der Waals surface area contributed by atoms with Crippen LogP contribution in [0.2, 0.25) is 0 Å². The highest BCUT2D eigenvalue weighted by Gasteiger charge is 2.26. The fraction of sp³-hybridized carbons (Fsp3) is 0.130. The number of aryl methyl sites for hydroxylation is 2. The van der Waals surface area contributed by atoms with E-state index in [1.165, 1.54) is 0 Å². The van der Waals surface area contributed by atoms with Crippen LogP contribution in [0.5, 0.6) is 6.01 Å². The van der Waals surface area contributed by atoms with Crippen LogP contribution in [0.1, 0.15) is 11.1 Å². The molecule has 0 spiro atoms. The summed E-state index contributed by atoms with van der Waals surface area (Å²) >= 11 is 3.37. The quantitative estimate of drug-likeness (QED) is 0.404. The topological polar surface area (TPSA) is 90.3 Å². The van der Waals surface area contributed by atoms with Crippen molar-refractivity contribution in [3.05, 3.63) is 82.3 Å². The van der Waals surface area contributed by atoms with E-state index in [0.717, 1.165) is 19.6 Å². The van der Waals surface area contributed by atoms with Crippen LogP contribution in [-0.2, 0) is 14.8 Å². The van der Waals surface area contributed by atoms with Crippen LogP contribution >= 0.6 is 15.9 Å². The van der Waals surface area contributed by atoms with E-state index in [2.05, 4.69) is 26.2 Å². The number of nitrogens with one attached hydrogen (secondary N) is 1. The number of para-hydroxylation sites is 3. The van der Waals surface area contributed by atoms with Gasteiger partial charge in [0.15, 0.2) is 6.61 Å². The molecule has 9 heteroatoms. The number of hydrogen-bond acceptors (Lipinski definition) is 5. The number of halogens is 1. The Labute approximate surface area is 194 Å². The van der Waals surface area contributed by atoms with Crippen molar-refractivity contribution in [1.29, 1.82) is 0 Å². The third kappa shape index (κ3) is 4.39. The van der Waals surface area contributed by atoms with Crippen LogP contribution in [0.25, 0.3) is 11.0 Å². The van der Waals surface area contributed by atoms with Crippen molar-refractivity contribution in [2.75, 3.05) is 11.9 Å². The number of anilines is 1. The minimum atomic E-state index is -4.02. The zero-order valence-electron chi connectivity index (χ0n) is 17.4. The van der Waals surface area contributed by atoms with Gasteiger partial charge in [-0.2, -0.15) is 8.96 Å². The summed E-state index contributed by atoms with van der Waals surface area (Å²) in [5.74, 6) is -0.445. The van der Waals surface area contributed by atoms with Crippen LogP contribution in [0.15, 0.2) is 76.1 Å². The number of carbonyl (C=O) groups excluding carboxylic acids is 1. The zero-order chi connectivity index (χ0) is 22.9. The van der Waals surface area contributed by atoms with Gasteiger partial charge in [-0.25, -0.2) is 8.42 Å². The fourth-order valence-electron chi connectivity index (χ4n) is 3.37. The molecule has 3 aromatic carbocycles. The summed E-state index contributed by atoms with van der Waals surface area (Å²) in [4.78, 5) is 16.9. The van der Waals surface area contributed by atoms with Crippen molar-refractivity contribution in [1.82, 2.24) is 8.96 Å². The second-order valence-corrected chi connectivity index (χ2v) is 9.93. The lowest BCUT2D eigenvalue weighted by atomic mass is 10.2. The highest BCUT2D eigenvalue weighted by atomic mass is 79.9. The van der Waals surface area contributed by atoms with Gasteiger partial charge in [-0.05, 0) is 77.3 Å². The standard InChI is InChI=1S/C23H20BrN3O4S/c1-15-11-16(2)13-17(12-15)32(29,30)27-21-10-6-5-9-20(21)26-23(27)31-14-22(28)25-19-8-4-3-7-18(19)24/h3-13H,14H2,1-2H3,(H,25,28). The molecule has 7 nitrogen and oxygen atoms in total. The summed E-state index contributed by atoms with van der Waals surface area (Å²) in [5.41, 5.74) is 3.04. The van der Waals surface area contributed by atoms with Gasteiger partial charge in [0.2, 0.25) is 0 Å². The van der Waals surface area contributed by atoms with E-state index >= 15 is 0 Å². The summed E-state index contributed by atoms with van der Waals surface area (Å²) in [5, 5.41) is 2.72. The molecular formula is C23H20BrN3O4S. The van der Waals surface area contributed by atoms with Crippen molar-refractivity contribution >= 4 is 48.6 Å². The molecule has 1 heterocycles. The Morgan fingerprint density at radius 1 is 1.03 bits per heavy atom. The lowest BCUT2D eigenvalue weighted by Gasteiger charge is -2.12. The molecule has 0 bridgehead atoms. The summed E-state index contributed by atoms with van der Waals surface area (Å²) in [7, 11) is -4.02. The van der Waals surface area contributed by atoms with E-state index in [0.29, 0.717) is 16.7 Å². The second kappa shape index (κ2) is 8.76. The molecule has 0 unspecified atom stereocenters. The van der Waals surface area contributed by atoms with E-state index in [9.17, 15) is 13.2 Å². The molecule has 0 aliphatic heterocycles. The van der Waals surface area contributed by atoms with Gasteiger partial charge in [0.25, 0.3) is 15.9 Å². The maximum atomic E-state index is 13.6. The number of rotatable bonds is 6. The van der Waals surface area contributed by atoms with E-state index < -0.39 is 22.5 Å². The molecule has 0 aliphatic carbocycles. The van der Waals surface area contributed by atoms with Gasteiger partial charge in [0, 0.05) is 4.47 Å². The number of ether oxygens (including phenoxy) is 1. The van der Waals surface area contributed by atoms with Gasteiger partial charge >= 0.3 is 6.01 Å². The molecule has 0 aliphatic rings. The molecule has 0 atom stereocenters. The number of imidazole rings is 1. The predicted octanol–water partition coefficient (Wildman–Crippen LogP) is 4.67. The maximum absolute atomic E-state index is 13.6. The van der Waals surface area contributed by atoms with Gasteiger partial charge in [-0.3, -0.25) is 4.79 Å². The van der Waals surface area contributed by atoms with Gasteiger partial charge in [0.05, 0.1) is 21.6 Å². The smallest absolute Gasteiger partial charge is 0.312 e. The first-order chi connectivity index (χ1) is 15.3. The molecule has 0 fully saturated rings. The van der Waals surface area contributed by atoms with Crippen molar-refractivity contribution in [3.8, 4) is 6.01 Å². The van der Waals surface area contributed by atoms with Gasteiger partial charge in [-0.15, -0.1) is 0 Å². The van der Waals surface area contributed by atoms with Gasteiger partial charge in [0.1, 0.15) is 0 Å². The number of carbonyl (C=O) groups is 1. The fourth-order valence-corrected chi connectivity index (χ4v) is 5.35. The summed E-state index contributed by atoms with van der Waals surface area (Å²) in [6.07, 6.45) is 0. The summed E-state index contributed by atoms with van der Waals surface area (Å²) < 4.78 is 34.5. The third-order valence-corrected chi connectivity index (χ3v) is 7.06. The lowest BCUT2D eigenvalue weighted by Crippen LogP contribution is -2.23. The molecule has 0 saturated heterocycles. The van der Waals surface area contributed by atoms with Crippen molar-refractivity contribution < 1.29 is 17.9 Å². The van der Waals surface area contributed by atoms with E-state index in [4.69, 9.17) is 4.74 Å². The average molecular weight is 514 g/mol. The minimum absolute atomic E-state index is 0.126. The number of amides is 1. The Balaban J connectivity index is 1.69. The molecule has 4 aromatic rings. The van der Waals surface area contributed by atoms with Crippen LogP contribution in [0.3, 0.4) is 0 Å². The lowest BCUT2D eigenvalue weighted by molar-refractivity contribution is -0.118. The first kappa shape index (κ1) is 22.0. The normalized spacial score (nSPS) is 11.5. The third-order valence-electron chi connectivity index (χ3n) is 4.70. The van der Waals surface area contributed by atoms with Crippen LogP contribution in [0, 0.1) is 13.8 Å². The van der Waals surface area contributed by atoms with Gasteiger partial charge < -0.3 is 10.1 Å². The molecular weight excluding hydrogens is 494 g/mol. The molecule has 164 valence electrons. The Morgan fingerprint density at radius 2 is 1.69 bits per heavy atom. The van der Waals surface area contributed by atoms with E-state index in [-0.39, 0.29) is 10.9 Å². The molecule has 0 radical (unpaired) electrons. The number of fused-ring (bicyclic) bond motifs is 1. The summed E-state index contributed by atoms with van der Waals surface area (Å²) in [6.45, 7) is 3.26. The predicted molar refractivity (Wildman–Crippen MR) is 126 cm³/mol. The molecule has 1 N–H and O–H groups in total. The monoisotopic (exact) mass is 513 g/mol. The van der Waals surface area contributed by atoms with Crippen LogP contribution < -0.4 is 10.1 Å². The van der Waals surface area contributed by atoms with Crippen molar-refractivity contribution in [2.45, 2.75) is 18.7 Å². The average Bonchev–Trinajstić information content (AvgIpc) is 3.12. The summed E-state index contributed by atoms with van der Waals surface area (Å²) in [6, 6.07) is 18.9. The number of hydrogen-bond donors (Lipinski definition) is 1. The Kier molecular flexibility index (Phi) is 6.03. The van der Waals surface area contributed by atoms with Crippen LogP contribution in [-0.4, -0.2) is 29.9 Å². The van der Waals surface area contributed by atoms with Crippen molar-refractivity contribution in [2.24, 2.45) is 0 Å². The Morgan fingerprint density at radius 3 is 2.41 bits per heavy atom. The number of nitrogens with zero attached hydrogens (tertiary/aromatic N) is 2. The van der Waals surface area contributed by atoms with E-state index in [1.807, 2.05) is 26.0 Å². The van der Waals surface area contributed by atoms with Gasteiger partial charge in [-0.1, -0.05) is 30.3 Å². The maximum Gasteiger partial charge on any atom is 0.312 e. The first-order valence-corrected chi connectivity index (χ1v) is 12.0. The highest BCUT2D eigenvalue weighted by Crippen LogP contribution is 2.28. The van der Waals surface area contributed by atoms with Crippen LogP contribution in [0.4, 0.5) is 5.69 Å². The SMILES string of the molecule is Cc1cc(C)cc(S(=O)(=O)n2c(OCC(=O)Nc3ccccc3Br)nc3ccccc32)c1. The molecule has 1 aromatic heterocycles. The molecule has 32 heavy (non-hydrogen) atoms. The van der Waals surface area contributed by atoms with E-state index in [1.54, 1.807) is 54.6 Å². The number of aromatic nitrogens is 2. The molecule has 0 saturated carbocycles. The molecule has 4 rings (SSSR count). The Hall–Kier alpha value is -3.17. The zero-order valence-corrected chi connectivity index (χ0v) is 19.8. The minimum Gasteiger partial charge on any atom is -0.454 e.